The molecule has 0 fully saturated rings. The Balaban J connectivity index is 0.000000290. The highest BCUT2D eigenvalue weighted by Gasteiger charge is 2.21. The third-order valence-corrected chi connectivity index (χ3v) is 4.34. The van der Waals surface area contributed by atoms with Gasteiger partial charge in [0, 0.05) is 0 Å². The Kier molecular flexibility index (Phi) is 6.85. The largest absolute Gasteiger partial charge is 0.241 e. The Morgan fingerprint density at radius 2 is 0.621 bits per heavy atom. The van der Waals surface area contributed by atoms with Crippen molar-refractivity contribution in [3.8, 4) is 0 Å². The number of benzene rings is 4. The van der Waals surface area contributed by atoms with E-state index in [4.69, 9.17) is 0 Å². The molecule has 0 bridgehead atoms. The smallest absolute Gasteiger partial charge is 0.207 e. The topological polar surface area (TPSA) is 0 Å². The van der Waals surface area contributed by atoms with E-state index in [1.807, 2.05) is 0 Å². The third-order valence-electron chi connectivity index (χ3n) is 4.34. The summed E-state index contributed by atoms with van der Waals surface area (Å²) in [6.07, 6.45) is 0. The van der Waals surface area contributed by atoms with Gasteiger partial charge in [-0.05, 0) is 48.5 Å². The number of hydrogen-bond acceptors (Lipinski definition) is 0. The Labute approximate surface area is 167 Å². The molecular weight excluding hydrogens is 375 g/mol. The lowest BCUT2D eigenvalue weighted by Gasteiger charge is -2.15. The van der Waals surface area contributed by atoms with Gasteiger partial charge >= 0.3 is 0 Å². The normalized spacial score (nSPS) is 10.1. The van der Waals surface area contributed by atoms with Crippen LogP contribution in [0.15, 0.2) is 103 Å². The molecule has 0 atom stereocenters. The zero-order chi connectivity index (χ0) is 20.6. The molecule has 0 heterocycles. The molecule has 4 aromatic rings. The van der Waals surface area contributed by atoms with Crippen molar-refractivity contribution in [2.24, 2.45) is 0 Å². The van der Waals surface area contributed by atoms with Gasteiger partial charge in [0.25, 0.3) is 0 Å². The van der Waals surface area contributed by atoms with Crippen molar-refractivity contribution in [1.82, 2.24) is 0 Å². The van der Waals surface area contributed by atoms with Crippen LogP contribution >= 0.6 is 0 Å². The lowest BCUT2D eigenvalue weighted by Crippen LogP contribution is -2.51. The summed E-state index contributed by atoms with van der Waals surface area (Å²) >= 11 is 0. The van der Waals surface area contributed by atoms with Crippen LogP contribution in [0, 0.1) is 23.3 Å². The molecule has 0 aliphatic rings. The Bertz CT molecular complexity index is 907. The minimum absolute atomic E-state index is 0.178. The molecule has 0 saturated carbocycles. The van der Waals surface area contributed by atoms with E-state index in [9.17, 15) is 17.6 Å². The fourth-order valence-electron chi connectivity index (χ4n) is 2.96. The van der Waals surface area contributed by atoms with E-state index >= 15 is 0 Å². The van der Waals surface area contributed by atoms with Crippen molar-refractivity contribution >= 4 is 23.1 Å². The number of rotatable bonds is 3. The Hall–Kier alpha value is -3.34. The van der Waals surface area contributed by atoms with Crippen LogP contribution in [0.2, 0.25) is 0 Å². The van der Waals surface area contributed by atoms with Crippen molar-refractivity contribution in [2.75, 3.05) is 0 Å². The quantitative estimate of drug-likeness (QED) is 0.357. The minimum atomic E-state index is -0.319. The third kappa shape index (κ3) is 5.82. The summed E-state index contributed by atoms with van der Waals surface area (Å²) in [6.45, 7) is -0.207. The standard InChI is InChI=1S/C18H12BF3.C6H5F/c20-16-7-1-13(2-8-16)19(14-3-9-17(21)10-4-14)15-5-11-18(22)12-6-15;7-6-4-2-1-3-5-6/h1-12H;1-5H. The van der Waals surface area contributed by atoms with Gasteiger partial charge in [0.05, 0.1) is 0 Å². The van der Waals surface area contributed by atoms with Crippen LogP contribution < -0.4 is 16.4 Å². The van der Waals surface area contributed by atoms with Crippen LogP contribution in [0.4, 0.5) is 17.6 Å². The van der Waals surface area contributed by atoms with Crippen molar-refractivity contribution in [3.05, 3.63) is 126 Å². The number of halogens is 4. The van der Waals surface area contributed by atoms with Gasteiger partial charge in [-0.15, -0.1) is 0 Å². The second-order valence-corrected chi connectivity index (χ2v) is 6.38. The van der Waals surface area contributed by atoms with Crippen molar-refractivity contribution in [2.45, 2.75) is 0 Å². The zero-order valence-corrected chi connectivity index (χ0v) is 15.4. The first-order valence-corrected chi connectivity index (χ1v) is 9.00. The highest BCUT2D eigenvalue weighted by molar-refractivity contribution is 6.95. The highest BCUT2D eigenvalue weighted by atomic mass is 19.1. The summed E-state index contributed by atoms with van der Waals surface area (Å²) in [4.78, 5) is 0. The fraction of sp³-hybridized carbons (Fsp3) is 0. The van der Waals surface area contributed by atoms with E-state index in [0.717, 1.165) is 16.4 Å². The first-order chi connectivity index (χ1) is 14.0. The molecule has 0 aromatic heterocycles. The van der Waals surface area contributed by atoms with E-state index in [1.54, 1.807) is 54.6 Å². The molecule has 0 unspecified atom stereocenters. The first-order valence-electron chi connectivity index (χ1n) is 9.00. The molecule has 144 valence electrons. The molecule has 4 rings (SSSR count). The first kappa shape index (κ1) is 20.4. The molecule has 29 heavy (non-hydrogen) atoms. The van der Waals surface area contributed by atoms with Crippen molar-refractivity contribution < 1.29 is 17.6 Å². The molecule has 0 spiro atoms. The molecule has 0 N–H and O–H groups in total. The molecule has 0 aliphatic heterocycles. The van der Waals surface area contributed by atoms with E-state index in [0.29, 0.717) is 0 Å². The molecular formula is C24H17BF4. The maximum absolute atomic E-state index is 13.2. The molecule has 0 nitrogen and oxygen atoms in total. The monoisotopic (exact) mass is 392 g/mol. The van der Waals surface area contributed by atoms with Gasteiger partial charge in [0.2, 0.25) is 6.71 Å². The summed E-state index contributed by atoms with van der Waals surface area (Å²) in [5.41, 5.74) is 2.58. The van der Waals surface area contributed by atoms with Gasteiger partial charge in [0.15, 0.2) is 0 Å². The summed E-state index contributed by atoms with van der Waals surface area (Å²) in [5, 5.41) is 0. The van der Waals surface area contributed by atoms with E-state index in [-0.39, 0.29) is 30.0 Å². The average Bonchev–Trinajstić information content (AvgIpc) is 2.73. The average molecular weight is 392 g/mol. The fourth-order valence-corrected chi connectivity index (χ4v) is 2.96. The van der Waals surface area contributed by atoms with Gasteiger partial charge in [-0.25, -0.2) is 17.6 Å². The number of hydrogen-bond donors (Lipinski definition) is 0. The second-order valence-electron chi connectivity index (χ2n) is 6.38. The van der Waals surface area contributed by atoms with Crippen LogP contribution in [0.3, 0.4) is 0 Å². The van der Waals surface area contributed by atoms with Crippen LogP contribution in [0.25, 0.3) is 0 Å². The molecule has 5 heteroatoms. The van der Waals surface area contributed by atoms with E-state index in [1.165, 1.54) is 48.5 Å². The second kappa shape index (κ2) is 9.74. The van der Waals surface area contributed by atoms with Gasteiger partial charge in [-0.1, -0.05) is 71.0 Å². The summed E-state index contributed by atoms with van der Waals surface area (Å²) in [5.74, 6) is -1.13. The van der Waals surface area contributed by atoms with Gasteiger partial charge in [-0.3, -0.25) is 0 Å². The molecule has 0 radical (unpaired) electrons. The SMILES string of the molecule is Fc1ccc(B(c2ccc(F)cc2)c2ccc(F)cc2)cc1.Fc1ccccc1. The van der Waals surface area contributed by atoms with Crippen molar-refractivity contribution in [3.63, 3.8) is 0 Å². The molecule has 4 aromatic carbocycles. The Morgan fingerprint density at radius 1 is 0.345 bits per heavy atom. The van der Waals surface area contributed by atoms with Gasteiger partial charge in [0.1, 0.15) is 23.3 Å². The van der Waals surface area contributed by atoms with Crippen LogP contribution in [0.1, 0.15) is 0 Å². The zero-order valence-electron chi connectivity index (χ0n) is 15.4. The predicted octanol–water partition coefficient (Wildman–Crippen LogP) is 4.45. The van der Waals surface area contributed by atoms with Crippen molar-refractivity contribution in [1.29, 1.82) is 0 Å². The van der Waals surface area contributed by atoms with Gasteiger partial charge < -0.3 is 0 Å². The van der Waals surface area contributed by atoms with Gasteiger partial charge in [-0.2, -0.15) is 0 Å². The molecule has 0 saturated heterocycles. The minimum Gasteiger partial charge on any atom is -0.207 e. The summed E-state index contributed by atoms with van der Waals surface area (Å²) in [6, 6.07) is 26.4. The maximum atomic E-state index is 13.2. The van der Waals surface area contributed by atoms with E-state index in [2.05, 4.69) is 0 Å². The lowest BCUT2D eigenvalue weighted by atomic mass is 9.37. The van der Waals surface area contributed by atoms with Crippen LogP contribution in [-0.2, 0) is 0 Å². The highest BCUT2D eigenvalue weighted by Crippen LogP contribution is 2.01. The lowest BCUT2D eigenvalue weighted by molar-refractivity contribution is 0.627. The predicted molar refractivity (Wildman–Crippen MR) is 110 cm³/mol. The maximum Gasteiger partial charge on any atom is 0.241 e. The Morgan fingerprint density at radius 3 is 0.862 bits per heavy atom. The van der Waals surface area contributed by atoms with E-state index < -0.39 is 0 Å². The van der Waals surface area contributed by atoms with Crippen LogP contribution in [-0.4, -0.2) is 6.71 Å². The molecule has 0 amide bonds. The molecule has 0 aliphatic carbocycles. The van der Waals surface area contributed by atoms with Crippen LogP contribution in [0.5, 0.6) is 0 Å². The summed E-state index contributed by atoms with van der Waals surface area (Å²) in [7, 11) is 0. The summed E-state index contributed by atoms with van der Waals surface area (Å²) < 4.78 is 51.4.